The van der Waals surface area contributed by atoms with E-state index in [1.807, 2.05) is 0 Å². The number of aryl methyl sites for hydroxylation is 1. The Balaban J connectivity index is 1.61. The zero-order valence-electron chi connectivity index (χ0n) is 31.4. The number of rotatable bonds is 11. The number of amides is 1. The van der Waals surface area contributed by atoms with E-state index in [1.165, 1.54) is 28.5 Å². The van der Waals surface area contributed by atoms with Crippen molar-refractivity contribution in [3.63, 3.8) is 0 Å². The number of hydrogen-bond donors (Lipinski definition) is 1. The number of carbonyl (C=O) groups excluding carboxylic acids is 1. The van der Waals surface area contributed by atoms with Gasteiger partial charge in [-0.1, -0.05) is 54.1 Å². The van der Waals surface area contributed by atoms with Gasteiger partial charge in [-0.05, 0) is 68.3 Å². The molecule has 0 fully saturated rings. The van der Waals surface area contributed by atoms with Crippen LogP contribution in [0, 0.1) is 11.6 Å². The first-order valence-corrected chi connectivity index (χ1v) is 19.5. The lowest BCUT2D eigenvalue weighted by atomic mass is 10.0. The highest BCUT2D eigenvalue weighted by molar-refractivity contribution is 7.92. The second-order valence-corrected chi connectivity index (χ2v) is 16.4. The standard InChI is InChI=1S/C40H39ClF2N6O6S/c1-40(2,3)55-39(51)45-32(20-25-18-27(42)21-28(43)19-25)37-44-31(26-10-8-7-9-11-26)22-34(50)49(37)33-17-16-30(41)35-36(33)47(4)46-38(35)48(56(6,52)53)23-24-12-14-29(54-5)15-13-24/h7-19,21-22,32H,20,23H2,1-6H3,(H,45,51). The Labute approximate surface area is 327 Å². The predicted molar refractivity (Wildman–Crippen MR) is 211 cm³/mol. The molecule has 0 radical (unpaired) electrons. The largest absolute Gasteiger partial charge is 0.497 e. The van der Waals surface area contributed by atoms with E-state index in [4.69, 9.17) is 26.1 Å². The molecule has 16 heteroatoms. The molecule has 0 bridgehead atoms. The SMILES string of the molecule is COc1ccc(CN(c2nn(C)c3c(-n4c(C(Cc5cc(F)cc(F)c5)NC(=O)OC(C)(C)C)nc(-c5ccccc5)cc4=O)ccc(Cl)c23)S(C)(=O)=O)cc1. The lowest BCUT2D eigenvalue weighted by Gasteiger charge is -2.26. The lowest BCUT2D eigenvalue weighted by molar-refractivity contribution is 0.0500. The summed E-state index contributed by atoms with van der Waals surface area (Å²) in [5.41, 5.74) is 0.521. The van der Waals surface area contributed by atoms with Gasteiger partial charge in [0.05, 0.1) is 53.3 Å². The van der Waals surface area contributed by atoms with Crippen LogP contribution in [-0.2, 0) is 34.8 Å². The molecule has 0 aliphatic rings. The number of methoxy groups -OCH3 is 1. The number of aromatic nitrogens is 4. The molecule has 6 rings (SSSR count). The minimum absolute atomic E-state index is 0.00482. The van der Waals surface area contributed by atoms with Crippen LogP contribution in [0.1, 0.15) is 43.8 Å². The molecule has 56 heavy (non-hydrogen) atoms. The number of sulfonamides is 1. The van der Waals surface area contributed by atoms with Gasteiger partial charge in [0, 0.05) is 31.2 Å². The molecule has 292 valence electrons. The number of hydrogen-bond acceptors (Lipinski definition) is 8. The van der Waals surface area contributed by atoms with Crippen molar-refractivity contribution in [2.24, 2.45) is 7.05 Å². The number of benzene rings is 4. The summed E-state index contributed by atoms with van der Waals surface area (Å²) in [5.74, 6) is -1.13. The van der Waals surface area contributed by atoms with Gasteiger partial charge in [-0.25, -0.2) is 31.3 Å². The Kier molecular flexibility index (Phi) is 11.2. The fraction of sp³-hybridized carbons (Fsp3) is 0.250. The monoisotopic (exact) mass is 804 g/mol. The second kappa shape index (κ2) is 15.7. The highest BCUT2D eigenvalue weighted by Gasteiger charge is 2.31. The van der Waals surface area contributed by atoms with Crippen LogP contribution < -0.4 is 19.9 Å². The molecule has 2 heterocycles. The molecule has 12 nitrogen and oxygen atoms in total. The van der Waals surface area contributed by atoms with Gasteiger partial charge in [0.2, 0.25) is 10.0 Å². The van der Waals surface area contributed by atoms with Crippen LogP contribution in [0.2, 0.25) is 5.02 Å². The Morgan fingerprint density at radius 3 is 2.23 bits per heavy atom. The Bertz CT molecular complexity index is 2570. The van der Waals surface area contributed by atoms with E-state index < -0.39 is 45.0 Å². The maximum atomic E-state index is 14.5. The van der Waals surface area contributed by atoms with Crippen LogP contribution in [0.3, 0.4) is 0 Å². The van der Waals surface area contributed by atoms with Gasteiger partial charge in [-0.15, -0.1) is 0 Å². The van der Waals surface area contributed by atoms with Crippen LogP contribution in [0.4, 0.5) is 19.4 Å². The van der Waals surface area contributed by atoms with Crippen LogP contribution in [0.15, 0.2) is 95.8 Å². The van der Waals surface area contributed by atoms with Gasteiger partial charge in [-0.3, -0.25) is 14.0 Å². The van der Waals surface area contributed by atoms with Crippen molar-refractivity contribution in [2.75, 3.05) is 17.7 Å². The maximum Gasteiger partial charge on any atom is 0.408 e. The topological polar surface area (TPSA) is 138 Å². The lowest BCUT2D eigenvalue weighted by Crippen LogP contribution is -2.39. The quantitative estimate of drug-likeness (QED) is 0.142. The molecule has 0 aliphatic carbocycles. The van der Waals surface area contributed by atoms with Gasteiger partial charge >= 0.3 is 6.09 Å². The van der Waals surface area contributed by atoms with Crippen molar-refractivity contribution in [1.29, 1.82) is 0 Å². The van der Waals surface area contributed by atoms with Crippen LogP contribution in [0.5, 0.6) is 5.75 Å². The van der Waals surface area contributed by atoms with Crippen molar-refractivity contribution in [3.8, 4) is 22.7 Å². The number of halogens is 3. The predicted octanol–water partition coefficient (Wildman–Crippen LogP) is 7.50. The summed E-state index contributed by atoms with van der Waals surface area (Å²) in [4.78, 5) is 32.9. The van der Waals surface area contributed by atoms with E-state index >= 15 is 0 Å². The summed E-state index contributed by atoms with van der Waals surface area (Å²) in [6.45, 7) is 4.91. The molecular formula is C40H39ClF2N6O6S. The van der Waals surface area contributed by atoms with E-state index in [2.05, 4.69) is 10.4 Å². The van der Waals surface area contributed by atoms with Crippen molar-refractivity contribution < 1.29 is 31.5 Å². The maximum absolute atomic E-state index is 14.5. The fourth-order valence-electron chi connectivity index (χ4n) is 6.29. The van der Waals surface area contributed by atoms with Gasteiger partial charge in [0.1, 0.15) is 28.8 Å². The minimum Gasteiger partial charge on any atom is -0.497 e. The Morgan fingerprint density at radius 1 is 0.964 bits per heavy atom. The molecule has 4 aromatic carbocycles. The molecule has 2 aromatic heterocycles. The molecule has 1 unspecified atom stereocenters. The average molecular weight is 805 g/mol. The van der Waals surface area contributed by atoms with Crippen molar-refractivity contribution in [3.05, 3.63) is 135 Å². The smallest absolute Gasteiger partial charge is 0.408 e. The summed E-state index contributed by atoms with van der Waals surface area (Å²) < 4.78 is 70.5. The number of fused-ring (bicyclic) bond motifs is 1. The number of alkyl carbamates (subject to hydrolysis) is 1. The normalized spacial score (nSPS) is 12.4. The highest BCUT2D eigenvalue weighted by atomic mass is 35.5. The average Bonchev–Trinajstić information content (AvgIpc) is 3.46. The number of nitrogens with one attached hydrogen (secondary N) is 1. The minimum atomic E-state index is -3.98. The number of carbonyl (C=O) groups is 1. The summed E-state index contributed by atoms with van der Waals surface area (Å²) in [6.07, 6.45) is -0.0571. The van der Waals surface area contributed by atoms with Crippen LogP contribution in [-0.4, -0.2) is 52.8 Å². The van der Waals surface area contributed by atoms with Crippen molar-refractivity contribution >= 4 is 44.4 Å². The van der Waals surface area contributed by atoms with E-state index in [9.17, 15) is 26.8 Å². The Hall–Kier alpha value is -5.80. The molecule has 1 N–H and O–H groups in total. The van der Waals surface area contributed by atoms with Gasteiger partial charge in [-0.2, -0.15) is 5.10 Å². The number of anilines is 1. The zero-order chi connectivity index (χ0) is 40.5. The summed E-state index contributed by atoms with van der Waals surface area (Å²) in [7, 11) is -0.881. The molecule has 6 aromatic rings. The molecule has 1 atom stereocenters. The van der Waals surface area contributed by atoms with Gasteiger partial charge < -0.3 is 14.8 Å². The molecule has 1 amide bonds. The first kappa shape index (κ1) is 39.9. The molecular weight excluding hydrogens is 766 g/mol. The summed E-state index contributed by atoms with van der Waals surface area (Å²) in [5, 5.41) is 7.74. The van der Waals surface area contributed by atoms with Crippen LogP contribution >= 0.6 is 11.6 Å². The molecule has 0 saturated carbocycles. The highest BCUT2D eigenvalue weighted by Crippen LogP contribution is 2.38. The third-order valence-corrected chi connectivity index (χ3v) is 10.1. The fourth-order valence-corrected chi connectivity index (χ4v) is 7.36. The zero-order valence-corrected chi connectivity index (χ0v) is 33.0. The second-order valence-electron chi connectivity index (χ2n) is 14.1. The third-order valence-electron chi connectivity index (χ3n) is 8.64. The number of ether oxygens (including phenoxy) is 2. The molecule has 0 spiro atoms. The van der Waals surface area contributed by atoms with E-state index in [0.29, 0.717) is 16.9 Å². The first-order valence-electron chi connectivity index (χ1n) is 17.3. The van der Waals surface area contributed by atoms with Crippen molar-refractivity contribution in [2.45, 2.75) is 45.4 Å². The Morgan fingerprint density at radius 2 is 1.62 bits per heavy atom. The van der Waals surface area contributed by atoms with Gasteiger partial charge in [0.15, 0.2) is 5.82 Å². The van der Waals surface area contributed by atoms with E-state index in [-0.39, 0.29) is 57.5 Å². The van der Waals surface area contributed by atoms with E-state index in [1.54, 1.807) is 88.5 Å². The van der Waals surface area contributed by atoms with Crippen LogP contribution in [0.25, 0.3) is 27.8 Å². The van der Waals surface area contributed by atoms with Gasteiger partial charge in [0.25, 0.3) is 5.56 Å². The third kappa shape index (κ3) is 8.84. The molecule has 0 saturated heterocycles. The summed E-state index contributed by atoms with van der Waals surface area (Å²) >= 11 is 6.85. The van der Waals surface area contributed by atoms with E-state index in [0.717, 1.165) is 28.8 Å². The summed E-state index contributed by atoms with van der Waals surface area (Å²) in [6, 6.07) is 21.8. The molecule has 0 aliphatic heterocycles. The van der Waals surface area contributed by atoms with Crippen molar-refractivity contribution in [1.82, 2.24) is 24.6 Å². The first-order chi connectivity index (χ1) is 26.4. The number of nitrogens with zero attached hydrogens (tertiary/aromatic N) is 5.